The van der Waals surface area contributed by atoms with E-state index in [1.54, 1.807) is 25.4 Å². The maximum Gasteiger partial charge on any atom is 0.261 e. The first kappa shape index (κ1) is 17.7. The Labute approximate surface area is 156 Å². The van der Waals surface area contributed by atoms with E-state index in [-0.39, 0.29) is 29.2 Å². The maximum absolute atomic E-state index is 12.9. The lowest BCUT2D eigenvalue weighted by atomic mass is 9.75. The van der Waals surface area contributed by atoms with Gasteiger partial charge in [-0.2, -0.15) is 0 Å². The average molecular weight is 369 g/mol. The predicted octanol–water partition coefficient (Wildman–Crippen LogP) is 1.51. The summed E-state index contributed by atoms with van der Waals surface area (Å²) in [6, 6.07) is 5.00. The third kappa shape index (κ3) is 3.47. The van der Waals surface area contributed by atoms with Gasteiger partial charge in [0.25, 0.3) is 11.5 Å². The SMILES string of the molecule is COc1ccc(C(NC(=O)c2cc3c([nH]c2=O)CCC3)C2CC(O)C2)cn1. The van der Waals surface area contributed by atoms with Gasteiger partial charge in [-0.15, -0.1) is 0 Å². The molecule has 1 unspecified atom stereocenters. The molecule has 2 heterocycles. The van der Waals surface area contributed by atoms with Crippen LogP contribution in [-0.4, -0.2) is 34.2 Å². The van der Waals surface area contributed by atoms with Gasteiger partial charge in [-0.05, 0) is 55.2 Å². The normalized spacial score (nSPS) is 21.9. The molecule has 0 aliphatic heterocycles. The van der Waals surface area contributed by atoms with Crippen LogP contribution in [0.2, 0.25) is 0 Å². The zero-order chi connectivity index (χ0) is 19.0. The number of amides is 1. The summed E-state index contributed by atoms with van der Waals surface area (Å²) in [5, 5.41) is 12.7. The van der Waals surface area contributed by atoms with Crippen molar-refractivity contribution in [2.45, 2.75) is 44.2 Å². The van der Waals surface area contributed by atoms with E-state index >= 15 is 0 Å². The number of aromatic amines is 1. The van der Waals surface area contributed by atoms with Crippen molar-refractivity contribution in [3.8, 4) is 5.88 Å². The number of aryl methyl sites for hydroxylation is 2. The number of H-pyrrole nitrogens is 1. The topological polar surface area (TPSA) is 104 Å². The summed E-state index contributed by atoms with van der Waals surface area (Å²) in [5.74, 6) is 0.202. The summed E-state index contributed by atoms with van der Waals surface area (Å²) in [6.07, 6.45) is 5.27. The number of aliphatic hydroxyl groups is 1. The zero-order valence-corrected chi connectivity index (χ0v) is 15.2. The molecule has 27 heavy (non-hydrogen) atoms. The average Bonchev–Trinajstić information content (AvgIpc) is 3.10. The van der Waals surface area contributed by atoms with Gasteiger partial charge in [-0.25, -0.2) is 4.98 Å². The Hall–Kier alpha value is -2.67. The number of aromatic nitrogens is 2. The lowest BCUT2D eigenvalue weighted by Crippen LogP contribution is -2.42. The summed E-state index contributed by atoms with van der Waals surface area (Å²) in [7, 11) is 1.55. The van der Waals surface area contributed by atoms with Gasteiger partial charge < -0.3 is 20.1 Å². The molecule has 7 nitrogen and oxygen atoms in total. The number of carbonyl (C=O) groups is 1. The number of rotatable bonds is 5. The highest BCUT2D eigenvalue weighted by Crippen LogP contribution is 2.38. The largest absolute Gasteiger partial charge is 0.481 e. The van der Waals surface area contributed by atoms with Gasteiger partial charge in [0.15, 0.2) is 0 Å². The molecule has 0 saturated heterocycles. The van der Waals surface area contributed by atoms with Crippen molar-refractivity contribution < 1.29 is 14.6 Å². The minimum atomic E-state index is -0.395. The first-order chi connectivity index (χ1) is 13.0. The summed E-state index contributed by atoms with van der Waals surface area (Å²) in [6.45, 7) is 0. The Balaban J connectivity index is 1.59. The number of methoxy groups -OCH3 is 1. The highest BCUT2D eigenvalue weighted by molar-refractivity contribution is 5.94. The highest BCUT2D eigenvalue weighted by Gasteiger charge is 2.36. The Morgan fingerprint density at radius 2 is 2.19 bits per heavy atom. The molecule has 0 radical (unpaired) electrons. The molecule has 0 aromatic carbocycles. The summed E-state index contributed by atoms with van der Waals surface area (Å²) in [5.41, 5.74) is 2.60. The lowest BCUT2D eigenvalue weighted by molar-refractivity contribution is 0.0234. The van der Waals surface area contributed by atoms with Crippen LogP contribution in [0.3, 0.4) is 0 Å². The molecule has 0 spiro atoms. The van der Waals surface area contributed by atoms with Crippen LogP contribution in [0.25, 0.3) is 0 Å². The molecular formula is C20H23N3O4. The van der Waals surface area contributed by atoms with Crippen LogP contribution < -0.4 is 15.6 Å². The van der Waals surface area contributed by atoms with E-state index in [0.717, 1.165) is 36.1 Å². The fourth-order valence-electron chi connectivity index (χ4n) is 3.97. The molecule has 1 fully saturated rings. The van der Waals surface area contributed by atoms with Gasteiger partial charge in [-0.1, -0.05) is 6.07 Å². The number of nitrogens with zero attached hydrogens (tertiary/aromatic N) is 1. The number of aliphatic hydroxyl groups excluding tert-OH is 1. The van der Waals surface area contributed by atoms with Gasteiger partial charge in [0.1, 0.15) is 5.56 Å². The van der Waals surface area contributed by atoms with E-state index in [0.29, 0.717) is 18.7 Å². The molecule has 2 aromatic rings. The summed E-state index contributed by atoms with van der Waals surface area (Å²) < 4.78 is 5.09. The van der Waals surface area contributed by atoms with Crippen LogP contribution in [0.4, 0.5) is 0 Å². The quantitative estimate of drug-likeness (QED) is 0.741. The van der Waals surface area contributed by atoms with Crippen molar-refractivity contribution >= 4 is 5.91 Å². The van der Waals surface area contributed by atoms with Crippen molar-refractivity contribution in [3.05, 3.63) is 57.1 Å². The molecular weight excluding hydrogens is 346 g/mol. The highest BCUT2D eigenvalue weighted by atomic mass is 16.5. The minimum Gasteiger partial charge on any atom is -0.481 e. The third-order valence-corrected chi connectivity index (χ3v) is 5.57. The van der Waals surface area contributed by atoms with Crippen LogP contribution in [0.5, 0.6) is 5.88 Å². The Kier molecular flexibility index (Phi) is 4.70. The third-order valence-electron chi connectivity index (χ3n) is 5.57. The van der Waals surface area contributed by atoms with E-state index in [4.69, 9.17) is 4.74 Å². The van der Waals surface area contributed by atoms with Crippen LogP contribution in [0.15, 0.2) is 29.2 Å². The number of carbonyl (C=O) groups excluding carboxylic acids is 1. The van der Waals surface area contributed by atoms with Crippen molar-refractivity contribution in [3.63, 3.8) is 0 Å². The van der Waals surface area contributed by atoms with E-state index in [1.807, 2.05) is 6.07 Å². The second-order valence-electron chi connectivity index (χ2n) is 7.34. The molecule has 4 rings (SSSR count). The maximum atomic E-state index is 12.9. The fourth-order valence-corrected chi connectivity index (χ4v) is 3.97. The smallest absolute Gasteiger partial charge is 0.261 e. The van der Waals surface area contributed by atoms with Crippen molar-refractivity contribution in [2.24, 2.45) is 5.92 Å². The Morgan fingerprint density at radius 3 is 2.85 bits per heavy atom. The minimum absolute atomic E-state index is 0.104. The van der Waals surface area contributed by atoms with Crippen LogP contribution >= 0.6 is 0 Å². The fraction of sp³-hybridized carbons (Fsp3) is 0.450. The van der Waals surface area contributed by atoms with Crippen LogP contribution in [0, 0.1) is 5.92 Å². The first-order valence-corrected chi connectivity index (χ1v) is 9.29. The Bertz CT molecular complexity index is 900. The molecule has 2 aliphatic rings. The standard InChI is InChI=1S/C20H23N3O4/c1-27-17-6-5-12(10-21-17)18(13-7-14(24)8-13)23-20(26)15-9-11-3-2-4-16(11)22-19(15)25/h5-6,9-10,13-14,18,24H,2-4,7-8H2,1H3,(H,22,25)(H,23,26). The molecule has 3 N–H and O–H groups in total. The molecule has 0 bridgehead atoms. The van der Waals surface area contributed by atoms with Gasteiger partial charge in [0.05, 0.1) is 19.3 Å². The van der Waals surface area contributed by atoms with E-state index in [1.165, 1.54) is 0 Å². The molecule has 1 saturated carbocycles. The Morgan fingerprint density at radius 1 is 1.37 bits per heavy atom. The second kappa shape index (κ2) is 7.15. The molecule has 2 aliphatic carbocycles. The molecule has 1 atom stereocenters. The number of hydrogen-bond donors (Lipinski definition) is 3. The van der Waals surface area contributed by atoms with Crippen LogP contribution in [-0.2, 0) is 12.8 Å². The molecule has 1 amide bonds. The monoisotopic (exact) mass is 369 g/mol. The molecule has 2 aromatic heterocycles. The van der Waals surface area contributed by atoms with Crippen LogP contribution in [0.1, 0.15) is 52.5 Å². The van der Waals surface area contributed by atoms with Crippen molar-refractivity contribution in [1.29, 1.82) is 0 Å². The second-order valence-corrected chi connectivity index (χ2v) is 7.34. The first-order valence-electron chi connectivity index (χ1n) is 9.29. The van der Waals surface area contributed by atoms with Gasteiger partial charge in [-0.3, -0.25) is 9.59 Å². The van der Waals surface area contributed by atoms with Gasteiger partial charge in [0, 0.05) is 18.0 Å². The van der Waals surface area contributed by atoms with E-state index < -0.39 is 5.91 Å². The van der Waals surface area contributed by atoms with Crippen molar-refractivity contribution in [2.75, 3.05) is 7.11 Å². The van der Waals surface area contributed by atoms with Gasteiger partial charge >= 0.3 is 0 Å². The van der Waals surface area contributed by atoms with E-state index in [9.17, 15) is 14.7 Å². The van der Waals surface area contributed by atoms with Crippen molar-refractivity contribution in [1.82, 2.24) is 15.3 Å². The number of fused-ring (bicyclic) bond motifs is 1. The van der Waals surface area contributed by atoms with Gasteiger partial charge in [0.2, 0.25) is 5.88 Å². The lowest BCUT2D eigenvalue weighted by Gasteiger charge is -2.38. The number of hydrogen-bond acceptors (Lipinski definition) is 5. The molecule has 7 heteroatoms. The number of pyridine rings is 2. The zero-order valence-electron chi connectivity index (χ0n) is 15.2. The summed E-state index contributed by atoms with van der Waals surface area (Å²) >= 11 is 0. The summed E-state index contributed by atoms with van der Waals surface area (Å²) in [4.78, 5) is 32.3. The van der Waals surface area contributed by atoms with E-state index in [2.05, 4.69) is 15.3 Å². The number of nitrogens with one attached hydrogen (secondary N) is 2. The number of ether oxygens (including phenoxy) is 1. The predicted molar refractivity (Wildman–Crippen MR) is 98.8 cm³/mol. The molecule has 142 valence electrons.